The monoisotopic (exact) mass is 471 g/mol. The molecule has 0 radical (unpaired) electrons. The summed E-state index contributed by atoms with van der Waals surface area (Å²) < 4.78 is 43.9. The quantitative estimate of drug-likeness (QED) is 0.206. The molecule has 0 aliphatic heterocycles. The number of nitrogens with zero attached hydrogens (tertiary/aromatic N) is 2. The molecule has 0 unspecified atom stereocenters. The summed E-state index contributed by atoms with van der Waals surface area (Å²) in [4.78, 5) is 30.4. The minimum atomic E-state index is -4.78. The molecule has 0 aliphatic carbocycles. The van der Waals surface area contributed by atoms with E-state index < -0.39 is 37.6 Å². The van der Waals surface area contributed by atoms with Gasteiger partial charge in [0.05, 0.1) is 29.1 Å². The van der Waals surface area contributed by atoms with E-state index in [0.29, 0.717) is 22.1 Å². The van der Waals surface area contributed by atoms with Gasteiger partial charge in [-0.3, -0.25) is 9.32 Å². The number of rotatable bonds is 8. The van der Waals surface area contributed by atoms with Crippen molar-refractivity contribution in [1.82, 2.24) is 8.87 Å². The Balaban J connectivity index is 2.09. The number of phosphoric ester groups is 1. The van der Waals surface area contributed by atoms with Gasteiger partial charge in [-0.05, 0) is 36.4 Å². The number of fused-ring (bicyclic) bond motifs is 2. The zero-order valence-electron chi connectivity index (χ0n) is 16.5. The summed E-state index contributed by atoms with van der Waals surface area (Å²) in [6.45, 7) is -1.83. The fourth-order valence-corrected chi connectivity index (χ4v) is 5.09. The van der Waals surface area contributed by atoms with Crippen LogP contribution in [-0.2, 0) is 26.2 Å². The summed E-state index contributed by atoms with van der Waals surface area (Å²) in [7, 11) is -7.23. The molecule has 0 atom stereocenters. The van der Waals surface area contributed by atoms with E-state index in [9.17, 15) is 22.9 Å². The van der Waals surface area contributed by atoms with Gasteiger partial charge in [0, 0.05) is 36.6 Å². The molecular formula is C18H22N3O8PS. The summed E-state index contributed by atoms with van der Waals surface area (Å²) in [5.41, 5.74) is 6.96. The van der Waals surface area contributed by atoms with Crippen molar-refractivity contribution < 1.29 is 32.4 Å². The first-order chi connectivity index (χ1) is 14.5. The van der Waals surface area contributed by atoms with Crippen LogP contribution in [0.1, 0.15) is 0 Å². The first-order valence-corrected chi connectivity index (χ1v) is 12.1. The standard InChI is InChI=1S/C18H22N3O8PS/c1-20-16-4-2-12(19)10-14(16)18(23)15-11-13(3-5-17(15)20)31(27,28)21(6-8-22)7-9-29-30(24,25)26/h2-5,10-11,22H,6-9,19H2,1H3,(H2,24,25,26). The molecule has 0 spiro atoms. The van der Waals surface area contributed by atoms with Crippen molar-refractivity contribution in [3.63, 3.8) is 0 Å². The van der Waals surface area contributed by atoms with Gasteiger partial charge in [0.15, 0.2) is 5.43 Å². The maximum Gasteiger partial charge on any atom is 0.469 e. The number of aryl methyl sites for hydroxylation is 1. The number of aliphatic hydroxyl groups is 1. The second kappa shape index (κ2) is 8.67. The highest BCUT2D eigenvalue weighted by molar-refractivity contribution is 7.89. The maximum atomic E-state index is 13.1. The largest absolute Gasteiger partial charge is 0.469 e. The molecule has 31 heavy (non-hydrogen) atoms. The Kier molecular flexibility index (Phi) is 6.53. The van der Waals surface area contributed by atoms with Gasteiger partial charge < -0.3 is 25.2 Å². The highest BCUT2D eigenvalue weighted by Crippen LogP contribution is 2.35. The van der Waals surface area contributed by atoms with Gasteiger partial charge in [-0.15, -0.1) is 0 Å². The van der Waals surface area contributed by atoms with Crippen molar-refractivity contribution >= 4 is 45.3 Å². The zero-order chi connectivity index (χ0) is 23.0. The van der Waals surface area contributed by atoms with Crippen LogP contribution >= 0.6 is 7.82 Å². The minimum Gasteiger partial charge on any atom is -0.399 e. The summed E-state index contributed by atoms with van der Waals surface area (Å²) in [6, 6.07) is 8.97. The Morgan fingerprint density at radius 1 is 1.10 bits per heavy atom. The third-order valence-electron chi connectivity index (χ3n) is 4.79. The number of sulfonamides is 1. The molecule has 13 heteroatoms. The number of benzene rings is 2. The van der Waals surface area contributed by atoms with Gasteiger partial charge in [-0.1, -0.05) is 0 Å². The van der Waals surface area contributed by atoms with E-state index in [0.717, 1.165) is 4.31 Å². The smallest absolute Gasteiger partial charge is 0.399 e. The van der Waals surface area contributed by atoms with E-state index in [1.807, 2.05) is 0 Å². The van der Waals surface area contributed by atoms with Gasteiger partial charge in [0.1, 0.15) is 0 Å². The third kappa shape index (κ3) is 4.80. The zero-order valence-corrected chi connectivity index (χ0v) is 18.2. The Labute approximate surface area is 177 Å². The molecule has 3 aromatic rings. The minimum absolute atomic E-state index is 0.164. The first-order valence-electron chi connectivity index (χ1n) is 9.09. The van der Waals surface area contributed by atoms with Crippen molar-refractivity contribution in [2.24, 2.45) is 7.05 Å². The Hall–Kier alpha value is -2.31. The average molecular weight is 471 g/mol. The summed E-state index contributed by atoms with van der Waals surface area (Å²) in [5, 5.41) is 9.74. The molecule has 0 saturated heterocycles. The molecule has 0 fully saturated rings. The Bertz CT molecular complexity index is 1350. The van der Waals surface area contributed by atoms with E-state index in [1.165, 1.54) is 24.3 Å². The second-order valence-electron chi connectivity index (χ2n) is 6.80. The SMILES string of the molecule is Cn1c2ccc(N)cc2c(=O)c2cc(S(=O)(=O)N(CCO)CCOP(=O)(O)O)ccc21. The maximum absolute atomic E-state index is 13.1. The van der Waals surface area contributed by atoms with E-state index >= 15 is 0 Å². The lowest BCUT2D eigenvalue weighted by Gasteiger charge is -2.21. The molecule has 3 rings (SSSR count). The third-order valence-corrected chi connectivity index (χ3v) is 7.20. The lowest BCUT2D eigenvalue weighted by atomic mass is 10.1. The topological polar surface area (TPSA) is 172 Å². The van der Waals surface area contributed by atoms with E-state index in [-0.39, 0.29) is 22.3 Å². The Morgan fingerprint density at radius 3 is 2.32 bits per heavy atom. The van der Waals surface area contributed by atoms with Crippen LogP contribution in [0.3, 0.4) is 0 Å². The van der Waals surface area contributed by atoms with Crippen LogP contribution in [0.15, 0.2) is 46.1 Å². The normalized spacial score (nSPS) is 12.8. The lowest BCUT2D eigenvalue weighted by molar-refractivity contribution is 0.177. The predicted octanol–water partition coefficient (Wildman–Crippen LogP) is 0.366. The summed E-state index contributed by atoms with van der Waals surface area (Å²) >= 11 is 0. The molecule has 0 bridgehead atoms. The van der Waals surface area contributed by atoms with Crippen LogP contribution in [0.25, 0.3) is 21.8 Å². The molecule has 0 amide bonds. The van der Waals surface area contributed by atoms with Crippen molar-refractivity contribution in [2.45, 2.75) is 4.90 Å². The van der Waals surface area contributed by atoms with Crippen LogP contribution < -0.4 is 11.2 Å². The van der Waals surface area contributed by atoms with E-state index in [4.69, 9.17) is 15.5 Å². The molecular weight excluding hydrogens is 449 g/mol. The number of aromatic nitrogens is 1. The number of nitrogen functional groups attached to an aromatic ring is 1. The second-order valence-corrected chi connectivity index (χ2v) is 9.97. The van der Waals surface area contributed by atoms with Gasteiger partial charge in [0.2, 0.25) is 10.0 Å². The fourth-order valence-electron chi connectivity index (χ4n) is 3.33. The van der Waals surface area contributed by atoms with Gasteiger partial charge >= 0.3 is 7.82 Å². The molecule has 1 heterocycles. The van der Waals surface area contributed by atoms with Crippen molar-refractivity contribution in [1.29, 1.82) is 0 Å². The van der Waals surface area contributed by atoms with Gasteiger partial charge in [-0.25, -0.2) is 13.0 Å². The number of hydrogen-bond acceptors (Lipinski definition) is 7. The fraction of sp³-hybridized carbons (Fsp3) is 0.278. The summed E-state index contributed by atoms with van der Waals surface area (Å²) in [5.74, 6) is 0. The highest BCUT2D eigenvalue weighted by Gasteiger charge is 2.26. The summed E-state index contributed by atoms with van der Waals surface area (Å²) in [6.07, 6.45) is 0. The van der Waals surface area contributed by atoms with Gasteiger partial charge in [-0.2, -0.15) is 4.31 Å². The first kappa shape index (κ1) is 23.4. The number of anilines is 1. The molecule has 0 aliphatic rings. The number of nitrogens with two attached hydrogens (primary N) is 1. The van der Waals surface area contributed by atoms with Crippen LogP contribution in [0.5, 0.6) is 0 Å². The molecule has 5 N–H and O–H groups in total. The van der Waals surface area contributed by atoms with Crippen molar-refractivity contribution in [3.8, 4) is 0 Å². The van der Waals surface area contributed by atoms with Crippen LogP contribution in [-0.4, -0.2) is 58.5 Å². The van der Waals surface area contributed by atoms with Crippen LogP contribution in [0, 0.1) is 0 Å². The molecule has 11 nitrogen and oxygen atoms in total. The van der Waals surface area contributed by atoms with E-state index in [1.54, 1.807) is 23.7 Å². The van der Waals surface area contributed by atoms with Gasteiger partial charge in [0.25, 0.3) is 0 Å². The molecule has 0 saturated carbocycles. The van der Waals surface area contributed by atoms with Crippen LogP contribution in [0.2, 0.25) is 0 Å². The molecule has 168 valence electrons. The molecule has 2 aromatic carbocycles. The average Bonchev–Trinajstić information content (AvgIpc) is 2.70. The van der Waals surface area contributed by atoms with Crippen molar-refractivity contribution in [3.05, 3.63) is 46.6 Å². The number of hydrogen-bond donors (Lipinski definition) is 4. The lowest BCUT2D eigenvalue weighted by Crippen LogP contribution is -2.36. The Morgan fingerprint density at radius 2 is 1.71 bits per heavy atom. The van der Waals surface area contributed by atoms with Crippen molar-refractivity contribution in [2.75, 3.05) is 32.0 Å². The molecule has 1 aromatic heterocycles. The van der Waals surface area contributed by atoms with Crippen LogP contribution in [0.4, 0.5) is 5.69 Å². The predicted molar refractivity (Wildman–Crippen MR) is 115 cm³/mol. The highest BCUT2D eigenvalue weighted by atomic mass is 32.2. The van der Waals surface area contributed by atoms with E-state index in [2.05, 4.69) is 4.52 Å². The number of pyridine rings is 1. The number of aliphatic hydroxyl groups excluding tert-OH is 1. The number of phosphoric acid groups is 1.